The van der Waals surface area contributed by atoms with E-state index in [4.69, 9.17) is 0 Å². The summed E-state index contributed by atoms with van der Waals surface area (Å²) in [5, 5.41) is 5.42. The van der Waals surface area contributed by atoms with Gasteiger partial charge in [-0.2, -0.15) is 0 Å². The highest BCUT2D eigenvalue weighted by atomic mass is 15.1. The molecule has 0 bridgehead atoms. The zero-order valence-electron chi connectivity index (χ0n) is 16.4. The Balaban J connectivity index is 0.00000100. The van der Waals surface area contributed by atoms with Crippen molar-refractivity contribution in [3.05, 3.63) is 47.5 Å². The predicted molar refractivity (Wildman–Crippen MR) is 111 cm³/mol. The Morgan fingerprint density at radius 2 is 0.875 bits per heavy atom. The van der Waals surface area contributed by atoms with Crippen LogP contribution in [0.5, 0.6) is 0 Å². The van der Waals surface area contributed by atoms with Gasteiger partial charge in [-0.1, -0.05) is 26.0 Å². The molecule has 3 aromatic rings. The van der Waals surface area contributed by atoms with Gasteiger partial charge in [-0.3, -0.25) is 0 Å². The number of fused-ring (bicyclic) bond motifs is 2. The molecule has 2 heteroatoms. The Hall–Kier alpha value is -2.22. The monoisotopic (exact) mass is 322 g/mol. The normalized spacial score (nSPS) is 10.5. The first-order valence-corrected chi connectivity index (χ1v) is 8.71. The summed E-state index contributed by atoms with van der Waals surface area (Å²) in [4.78, 5) is 4.32. The molecule has 0 saturated carbocycles. The SMILES string of the molecule is CC.Cc1c2ccc(N(C)C)cc2c(C)c2ccc(N(C)C)cc12. The summed E-state index contributed by atoms with van der Waals surface area (Å²) in [6.45, 7) is 8.47. The topological polar surface area (TPSA) is 6.48 Å². The smallest absolute Gasteiger partial charge is 0.0367 e. The minimum absolute atomic E-state index is 1.25. The van der Waals surface area contributed by atoms with Gasteiger partial charge in [0.2, 0.25) is 0 Å². The third-order valence-corrected chi connectivity index (χ3v) is 4.66. The van der Waals surface area contributed by atoms with E-state index in [-0.39, 0.29) is 0 Å². The molecule has 0 aliphatic rings. The molecule has 0 unspecified atom stereocenters. The molecule has 0 heterocycles. The zero-order valence-corrected chi connectivity index (χ0v) is 16.4. The van der Waals surface area contributed by atoms with Gasteiger partial charge in [-0.05, 0) is 70.8 Å². The highest BCUT2D eigenvalue weighted by Crippen LogP contribution is 2.35. The van der Waals surface area contributed by atoms with Crippen LogP contribution in [0.4, 0.5) is 11.4 Å². The van der Waals surface area contributed by atoms with Gasteiger partial charge < -0.3 is 9.80 Å². The summed E-state index contributed by atoms with van der Waals surface area (Å²) in [5.41, 5.74) is 5.23. The van der Waals surface area contributed by atoms with Crippen molar-refractivity contribution in [1.82, 2.24) is 0 Å². The molecule has 3 aromatic carbocycles. The van der Waals surface area contributed by atoms with Crippen LogP contribution in [0.25, 0.3) is 21.5 Å². The van der Waals surface area contributed by atoms with E-state index in [2.05, 4.69) is 88.2 Å². The third-order valence-electron chi connectivity index (χ3n) is 4.66. The fraction of sp³-hybridized carbons (Fsp3) is 0.364. The minimum Gasteiger partial charge on any atom is -0.378 e. The molecule has 0 radical (unpaired) electrons. The molecule has 0 N–H and O–H groups in total. The predicted octanol–water partition coefficient (Wildman–Crippen LogP) is 5.77. The second-order valence-electron chi connectivity index (χ2n) is 6.50. The van der Waals surface area contributed by atoms with Crippen molar-refractivity contribution in [1.29, 1.82) is 0 Å². The van der Waals surface area contributed by atoms with Gasteiger partial charge in [-0.15, -0.1) is 0 Å². The summed E-state index contributed by atoms with van der Waals surface area (Å²) in [6.07, 6.45) is 0. The van der Waals surface area contributed by atoms with Gasteiger partial charge >= 0.3 is 0 Å². The Morgan fingerprint density at radius 1 is 0.542 bits per heavy atom. The Labute approximate surface area is 146 Å². The summed E-state index contributed by atoms with van der Waals surface area (Å²) < 4.78 is 0. The maximum Gasteiger partial charge on any atom is 0.0367 e. The van der Waals surface area contributed by atoms with Crippen LogP contribution in [0, 0.1) is 13.8 Å². The van der Waals surface area contributed by atoms with Gasteiger partial charge in [0.25, 0.3) is 0 Å². The molecule has 0 spiro atoms. The van der Waals surface area contributed by atoms with Gasteiger partial charge in [0.05, 0.1) is 0 Å². The first-order valence-electron chi connectivity index (χ1n) is 8.71. The van der Waals surface area contributed by atoms with E-state index in [1.807, 2.05) is 13.8 Å². The first kappa shape index (κ1) is 18.1. The van der Waals surface area contributed by atoms with Crippen molar-refractivity contribution in [2.75, 3.05) is 38.0 Å². The molecule has 0 aromatic heterocycles. The third kappa shape index (κ3) is 3.06. The van der Waals surface area contributed by atoms with Crippen LogP contribution in [0.3, 0.4) is 0 Å². The van der Waals surface area contributed by atoms with Crippen molar-refractivity contribution < 1.29 is 0 Å². The lowest BCUT2D eigenvalue weighted by molar-refractivity contribution is 1.13. The average molecular weight is 322 g/mol. The van der Waals surface area contributed by atoms with Crippen LogP contribution in [-0.2, 0) is 0 Å². The lowest BCUT2D eigenvalue weighted by atomic mass is 9.92. The minimum atomic E-state index is 1.25. The van der Waals surface area contributed by atoms with Crippen LogP contribution in [0.1, 0.15) is 25.0 Å². The summed E-state index contributed by atoms with van der Waals surface area (Å²) in [6, 6.07) is 13.5. The fourth-order valence-corrected chi connectivity index (χ4v) is 3.19. The highest BCUT2D eigenvalue weighted by Gasteiger charge is 2.11. The molecular weight excluding hydrogens is 292 g/mol. The molecule has 24 heavy (non-hydrogen) atoms. The van der Waals surface area contributed by atoms with Crippen LogP contribution in [0.2, 0.25) is 0 Å². The lowest BCUT2D eigenvalue weighted by Gasteiger charge is -2.19. The Bertz CT molecular complexity index is 787. The molecule has 0 amide bonds. The van der Waals surface area contributed by atoms with Crippen LogP contribution in [0.15, 0.2) is 36.4 Å². The van der Waals surface area contributed by atoms with E-state index in [1.54, 1.807) is 0 Å². The van der Waals surface area contributed by atoms with E-state index < -0.39 is 0 Å². The fourth-order valence-electron chi connectivity index (χ4n) is 3.19. The van der Waals surface area contributed by atoms with Gasteiger partial charge in [0, 0.05) is 39.6 Å². The van der Waals surface area contributed by atoms with Crippen molar-refractivity contribution in [2.24, 2.45) is 0 Å². The van der Waals surface area contributed by atoms with Gasteiger partial charge in [-0.25, -0.2) is 0 Å². The molecule has 0 aliphatic carbocycles. The number of hydrogen-bond acceptors (Lipinski definition) is 2. The molecule has 0 aliphatic heterocycles. The van der Waals surface area contributed by atoms with E-state index in [0.717, 1.165) is 0 Å². The van der Waals surface area contributed by atoms with Crippen LogP contribution >= 0.6 is 0 Å². The van der Waals surface area contributed by atoms with E-state index in [0.29, 0.717) is 0 Å². The second kappa shape index (κ2) is 7.12. The number of anilines is 2. The zero-order chi connectivity index (χ0) is 18.0. The van der Waals surface area contributed by atoms with E-state index in [9.17, 15) is 0 Å². The second-order valence-corrected chi connectivity index (χ2v) is 6.50. The quantitative estimate of drug-likeness (QED) is 0.553. The molecule has 2 nitrogen and oxygen atoms in total. The number of rotatable bonds is 2. The average Bonchev–Trinajstić information content (AvgIpc) is 2.60. The van der Waals surface area contributed by atoms with E-state index in [1.165, 1.54) is 44.0 Å². The highest BCUT2D eigenvalue weighted by molar-refractivity contribution is 6.07. The van der Waals surface area contributed by atoms with Crippen molar-refractivity contribution >= 4 is 32.9 Å². The largest absolute Gasteiger partial charge is 0.378 e. The molecule has 3 rings (SSSR count). The summed E-state index contributed by atoms with van der Waals surface area (Å²) >= 11 is 0. The van der Waals surface area contributed by atoms with Crippen molar-refractivity contribution in [3.8, 4) is 0 Å². The summed E-state index contributed by atoms with van der Waals surface area (Å²) in [7, 11) is 8.36. The van der Waals surface area contributed by atoms with Crippen molar-refractivity contribution in [3.63, 3.8) is 0 Å². The van der Waals surface area contributed by atoms with Gasteiger partial charge in [0.15, 0.2) is 0 Å². The van der Waals surface area contributed by atoms with Crippen molar-refractivity contribution in [2.45, 2.75) is 27.7 Å². The van der Waals surface area contributed by atoms with E-state index >= 15 is 0 Å². The number of aryl methyl sites for hydroxylation is 2. The van der Waals surface area contributed by atoms with Crippen LogP contribution in [-0.4, -0.2) is 28.2 Å². The molecule has 0 fully saturated rings. The maximum absolute atomic E-state index is 2.30. The maximum atomic E-state index is 2.30. The molecule has 0 saturated heterocycles. The summed E-state index contributed by atoms with van der Waals surface area (Å²) in [5.74, 6) is 0. The van der Waals surface area contributed by atoms with Gasteiger partial charge in [0.1, 0.15) is 0 Å². The number of benzene rings is 3. The molecule has 0 atom stereocenters. The number of hydrogen-bond donors (Lipinski definition) is 0. The molecular formula is C22H30N2. The molecule has 128 valence electrons. The Morgan fingerprint density at radius 3 is 1.17 bits per heavy atom. The van der Waals surface area contributed by atoms with Crippen LogP contribution < -0.4 is 9.80 Å². The lowest BCUT2D eigenvalue weighted by Crippen LogP contribution is -2.09. The Kier molecular flexibility index (Phi) is 5.38. The standard InChI is InChI=1S/C20H24N2.C2H6/c1-13-17-9-7-16(22(5)6)12-20(17)14(2)18-10-8-15(21(3)4)11-19(13)18;1-2/h7-12H,1-6H3;1-2H3. The number of nitrogens with zero attached hydrogens (tertiary/aromatic N) is 2. The first-order chi connectivity index (χ1) is 11.4.